The van der Waals surface area contributed by atoms with Gasteiger partial charge in [0.15, 0.2) is 0 Å². The maximum Gasteiger partial charge on any atom is 0.416 e. The number of carbonyl (C=O) groups excluding carboxylic acids is 2. The predicted molar refractivity (Wildman–Crippen MR) is 113 cm³/mol. The zero-order valence-electron chi connectivity index (χ0n) is 17.3. The Morgan fingerprint density at radius 1 is 1.16 bits per heavy atom. The highest BCUT2D eigenvalue weighted by Gasteiger charge is 2.37. The summed E-state index contributed by atoms with van der Waals surface area (Å²) in [6.45, 7) is 1.62. The van der Waals surface area contributed by atoms with Crippen molar-refractivity contribution in [2.45, 2.75) is 25.6 Å². The van der Waals surface area contributed by atoms with Crippen LogP contribution in [0.25, 0.3) is 0 Å². The molecule has 172 valence electrons. The van der Waals surface area contributed by atoms with E-state index in [2.05, 4.69) is 10.0 Å². The maximum absolute atomic E-state index is 13.0. The molecule has 0 aliphatic carbocycles. The Labute approximate surface area is 183 Å². The van der Waals surface area contributed by atoms with Gasteiger partial charge < -0.3 is 10.2 Å². The van der Waals surface area contributed by atoms with Gasteiger partial charge in [0, 0.05) is 18.7 Å². The fourth-order valence-corrected chi connectivity index (χ4v) is 4.14. The Hall–Kier alpha value is -3.08. The maximum atomic E-state index is 13.0. The number of anilines is 2. The number of sulfonamides is 1. The van der Waals surface area contributed by atoms with E-state index in [1.807, 2.05) is 0 Å². The summed E-state index contributed by atoms with van der Waals surface area (Å²) in [6.07, 6.45) is -3.67. The predicted octanol–water partition coefficient (Wildman–Crippen LogP) is 3.31. The summed E-state index contributed by atoms with van der Waals surface area (Å²) in [5.41, 5.74) is 0.0522. The minimum atomic E-state index is -4.54. The second-order valence-corrected chi connectivity index (χ2v) is 9.39. The largest absolute Gasteiger partial charge is 0.416 e. The van der Waals surface area contributed by atoms with Crippen molar-refractivity contribution in [1.29, 1.82) is 0 Å². The van der Waals surface area contributed by atoms with Gasteiger partial charge in [-0.25, -0.2) is 8.42 Å². The van der Waals surface area contributed by atoms with E-state index < -0.39 is 45.5 Å². The first-order chi connectivity index (χ1) is 14.8. The van der Waals surface area contributed by atoms with Crippen molar-refractivity contribution in [3.63, 3.8) is 0 Å². The van der Waals surface area contributed by atoms with Gasteiger partial charge in [0.2, 0.25) is 21.8 Å². The van der Waals surface area contributed by atoms with Crippen LogP contribution in [0.15, 0.2) is 48.5 Å². The Morgan fingerprint density at radius 3 is 2.50 bits per heavy atom. The van der Waals surface area contributed by atoms with Crippen molar-refractivity contribution in [3.8, 4) is 0 Å². The van der Waals surface area contributed by atoms with Gasteiger partial charge in [-0.2, -0.15) is 13.2 Å². The molecule has 0 radical (unpaired) electrons. The highest BCUT2D eigenvalue weighted by molar-refractivity contribution is 7.92. The third-order valence-electron chi connectivity index (χ3n) is 5.06. The molecule has 32 heavy (non-hydrogen) atoms. The number of para-hydroxylation sites is 1. The monoisotopic (exact) mass is 469 g/mol. The first-order valence-electron chi connectivity index (χ1n) is 9.70. The third-order valence-corrected chi connectivity index (χ3v) is 5.65. The molecule has 7 nitrogen and oxygen atoms in total. The van der Waals surface area contributed by atoms with Crippen LogP contribution in [-0.4, -0.2) is 33.0 Å². The summed E-state index contributed by atoms with van der Waals surface area (Å²) in [5.74, 6) is -1.65. The number of rotatable bonds is 6. The number of hydrogen-bond acceptors (Lipinski definition) is 4. The molecule has 0 bridgehead atoms. The molecule has 2 amide bonds. The van der Waals surface area contributed by atoms with Gasteiger partial charge >= 0.3 is 6.18 Å². The van der Waals surface area contributed by atoms with Crippen LogP contribution in [0.1, 0.15) is 30.5 Å². The average Bonchev–Trinajstić information content (AvgIpc) is 3.08. The highest BCUT2D eigenvalue weighted by Crippen LogP contribution is 2.33. The number of carbonyl (C=O) groups is 2. The highest BCUT2D eigenvalue weighted by atomic mass is 32.2. The van der Waals surface area contributed by atoms with Crippen LogP contribution in [0.4, 0.5) is 24.5 Å². The lowest BCUT2D eigenvalue weighted by Gasteiger charge is -2.21. The molecule has 0 spiro atoms. The summed E-state index contributed by atoms with van der Waals surface area (Å²) in [4.78, 5) is 26.3. The molecule has 2 N–H and O–H groups in total. The normalized spacial score (nSPS) is 17.8. The van der Waals surface area contributed by atoms with E-state index in [1.54, 1.807) is 31.2 Å². The molecule has 1 heterocycles. The average molecular weight is 469 g/mol. The summed E-state index contributed by atoms with van der Waals surface area (Å²) >= 11 is 0. The van der Waals surface area contributed by atoms with Gasteiger partial charge in [0.1, 0.15) is 0 Å². The lowest BCUT2D eigenvalue weighted by molar-refractivity contribution is -0.137. The topological polar surface area (TPSA) is 95.6 Å². The molecule has 2 aromatic rings. The molecule has 2 aromatic carbocycles. The van der Waals surface area contributed by atoms with E-state index in [4.69, 9.17) is 0 Å². The second kappa shape index (κ2) is 8.81. The molecule has 0 aromatic heterocycles. The molecular weight excluding hydrogens is 447 g/mol. The Morgan fingerprint density at radius 2 is 1.84 bits per heavy atom. The minimum absolute atomic E-state index is 0.0536. The zero-order valence-corrected chi connectivity index (χ0v) is 18.1. The number of nitrogens with zero attached hydrogens (tertiary/aromatic N) is 1. The summed E-state index contributed by atoms with van der Waals surface area (Å²) in [5, 5.41) is 2.76. The van der Waals surface area contributed by atoms with Gasteiger partial charge in [-0.05, 0) is 36.8 Å². The van der Waals surface area contributed by atoms with Crippen molar-refractivity contribution in [2.24, 2.45) is 5.92 Å². The molecule has 1 fully saturated rings. The Kier molecular flexibility index (Phi) is 6.49. The van der Waals surface area contributed by atoms with Gasteiger partial charge in [-0.3, -0.25) is 14.3 Å². The molecule has 0 saturated carbocycles. The summed E-state index contributed by atoms with van der Waals surface area (Å²) in [7, 11) is -3.53. The van der Waals surface area contributed by atoms with E-state index in [0.717, 1.165) is 18.4 Å². The second-order valence-electron chi connectivity index (χ2n) is 7.65. The SMILES string of the molecule is CC(NC(=O)C1CC(=O)N(c2cccc(C(F)(F)F)c2)C1)c1ccccc1NS(C)(=O)=O. The van der Waals surface area contributed by atoms with Crippen LogP contribution in [0.2, 0.25) is 0 Å². The molecule has 1 aliphatic rings. The number of nitrogens with one attached hydrogen (secondary N) is 2. The fraction of sp³-hybridized carbons (Fsp3) is 0.333. The van der Waals surface area contributed by atoms with Crippen LogP contribution in [-0.2, 0) is 25.8 Å². The standard InChI is InChI=1S/C21H22F3N3O4S/c1-13(17-8-3-4-9-18(17)26-32(2,30)31)25-20(29)14-10-19(28)27(12-14)16-7-5-6-15(11-16)21(22,23)24/h3-9,11,13-14,26H,10,12H2,1-2H3,(H,25,29). The zero-order chi connectivity index (χ0) is 23.7. The molecular formula is C21H22F3N3O4S. The Bertz CT molecular complexity index is 1140. The van der Waals surface area contributed by atoms with Crippen molar-refractivity contribution in [3.05, 3.63) is 59.7 Å². The Balaban J connectivity index is 1.72. The minimum Gasteiger partial charge on any atom is -0.349 e. The van der Waals surface area contributed by atoms with E-state index in [9.17, 15) is 31.2 Å². The molecule has 1 aliphatic heterocycles. The molecule has 11 heteroatoms. The third kappa shape index (κ3) is 5.58. The smallest absolute Gasteiger partial charge is 0.349 e. The number of amides is 2. The molecule has 2 unspecified atom stereocenters. The van der Waals surface area contributed by atoms with Crippen molar-refractivity contribution >= 4 is 33.2 Å². The quantitative estimate of drug-likeness (QED) is 0.679. The van der Waals surface area contributed by atoms with Crippen molar-refractivity contribution in [2.75, 3.05) is 22.4 Å². The van der Waals surface area contributed by atoms with Crippen LogP contribution < -0.4 is 14.9 Å². The lowest BCUT2D eigenvalue weighted by atomic mass is 10.0. The van der Waals surface area contributed by atoms with Gasteiger partial charge in [-0.1, -0.05) is 24.3 Å². The van der Waals surface area contributed by atoms with Gasteiger partial charge in [0.25, 0.3) is 0 Å². The number of benzene rings is 2. The van der Waals surface area contributed by atoms with Crippen LogP contribution >= 0.6 is 0 Å². The van der Waals surface area contributed by atoms with Crippen LogP contribution in [0.3, 0.4) is 0 Å². The number of hydrogen-bond donors (Lipinski definition) is 2. The number of alkyl halides is 3. The fourth-order valence-electron chi connectivity index (χ4n) is 3.56. The molecule has 1 saturated heterocycles. The van der Waals surface area contributed by atoms with Crippen LogP contribution in [0.5, 0.6) is 0 Å². The lowest BCUT2D eigenvalue weighted by Crippen LogP contribution is -2.35. The summed E-state index contributed by atoms with van der Waals surface area (Å²) < 4.78 is 64.5. The number of halogens is 3. The van der Waals surface area contributed by atoms with E-state index in [0.29, 0.717) is 11.3 Å². The summed E-state index contributed by atoms with van der Waals surface area (Å²) in [6, 6.07) is 10.4. The van der Waals surface area contributed by atoms with Gasteiger partial charge in [-0.15, -0.1) is 0 Å². The van der Waals surface area contributed by atoms with Crippen molar-refractivity contribution in [1.82, 2.24) is 5.32 Å². The molecule has 2 atom stereocenters. The van der Waals surface area contributed by atoms with Crippen molar-refractivity contribution < 1.29 is 31.2 Å². The van der Waals surface area contributed by atoms with E-state index >= 15 is 0 Å². The molecule has 3 rings (SSSR count). The first-order valence-corrected chi connectivity index (χ1v) is 11.6. The van der Waals surface area contributed by atoms with E-state index in [-0.39, 0.29) is 18.7 Å². The first kappa shape index (κ1) is 23.6. The van der Waals surface area contributed by atoms with Crippen LogP contribution in [0, 0.1) is 5.92 Å². The van der Waals surface area contributed by atoms with Gasteiger partial charge in [0.05, 0.1) is 29.5 Å². The van der Waals surface area contributed by atoms with E-state index in [1.165, 1.54) is 17.0 Å².